The monoisotopic (exact) mass is 468 g/mol. The van der Waals surface area contributed by atoms with Gasteiger partial charge in [-0.2, -0.15) is 0 Å². The fourth-order valence-electron chi connectivity index (χ4n) is 3.06. The molecule has 9 heteroatoms. The van der Waals surface area contributed by atoms with Gasteiger partial charge in [-0.25, -0.2) is 9.18 Å². The Hall–Kier alpha value is -2.55. The number of hydrogen-bond acceptors (Lipinski definition) is 6. The molecule has 178 valence electrons. The van der Waals surface area contributed by atoms with Gasteiger partial charge in [0.25, 0.3) is 0 Å². The molecular weight excluding hydrogens is 435 g/mol. The third kappa shape index (κ3) is 8.53. The van der Waals surface area contributed by atoms with Crippen molar-refractivity contribution >= 4 is 34.9 Å². The van der Waals surface area contributed by atoms with Gasteiger partial charge in [0.15, 0.2) is 0 Å². The standard InChI is InChI=1S/C23H33FN2O5S/c1-7-30-21(28)18(12-13-31-17-10-8-16(24)9-11-17)25-22(29)23(5,6)26-20(32)19(14(2)3)15(4)27/h8-11,14,18-19H,7,12-13H2,1-6H3,(H,25,29)(H,26,32)/t18-,19-/m0/s1. The molecule has 7 nitrogen and oxygen atoms in total. The Bertz CT molecular complexity index is 811. The van der Waals surface area contributed by atoms with Gasteiger partial charge in [0.05, 0.1) is 24.1 Å². The largest absolute Gasteiger partial charge is 0.493 e. The molecular formula is C23H33FN2O5S. The lowest BCUT2D eigenvalue weighted by atomic mass is 9.90. The molecule has 0 saturated heterocycles. The molecule has 1 rings (SSSR count). The number of carbonyl (C=O) groups excluding carboxylic acids is 3. The molecule has 2 N–H and O–H groups in total. The molecule has 32 heavy (non-hydrogen) atoms. The molecule has 0 unspecified atom stereocenters. The van der Waals surface area contributed by atoms with Gasteiger partial charge in [-0.05, 0) is 57.9 Å². The van der Waals surface area contributed by atoms with Gasteiger partial charge in [0.1, 0.15) is 28.9 Å². The Kier molecular flexibility index (Phi) is 10.7. The Morgan fingerprint density at radius 3 is 2.25 bits per heavy atom. The van der Waals surface area contributed by atoms with Crippen LogP contribution in [0, 0.1) is 17.7 Å². The first-order chi connectivity index (χ1) is 14.9. The summed E-state index contributed by atoms with van der Waals surface area (Å²) in [4.78, 5) is 37.5. The van der Waals surface area contributed by atoms with E-state index in [1.165, 1.54) is 31.2 Å². The topological polar surface area (TPSA) is 93.7 Å². The van der Waals surface area contributed by atoms with Crippen molar-refractivity contribution in [2.75, 3.05) is 13.2 Å². The minimum atomic E-state index is -1.18. The highest BCUT2D eigenvalue weighted by atomic mass is 32.1. The molecule has 0 heterocycles. The molecule has 0 aliphatic heterocycles. The average Bonchev–Trinajstić information content (AvgIpc) is 2.67. The maximum Gasteiger partial charge on any atom is 0.328 e. The van der Waals surface area contributed by atoms with E-state index in [-0.39, 0.29) is 42.1 Å². The number of ketones is 1. The van der Waals surface area contributed by atoms with E-state index in [2.05, 4.69) is 10.6 Å². The quantitative estimate of drug-likeness (QED) is 0.359. The Morgan fingerprint density at radius 2 is 1.75 bits per heavy atom. The summed E-state index contributed by atoms with van der Waals surface area (Å²) in [6.07, 6.45) is 0.143. The minimum absolute atomic E-state index is 0.0257. The smallest absolute Gasteiger partial charge is 0.328 e. The third-order valence-corrected chi connectivity index (χ3v) is 5.11. The summed E-state index contributed by atoms with van der Waals surface area (Å²) < 4.78 is 23.6. The molecule has 2 atom stereocenters. The van der Waals surface area contributed by atoms with Crippen molar-refractivity contribution in [3.63, 3.8) is 0 Å². The van der Waals surface area contributed by atoms with E-state index in [4.69, 9.17) is 21.7 Å². The van der Waals surface area contributed by atoms with E-state index in [0.29, 0.717) is 5.75 Å². The molecule has 0 radical (unpaired) electrons. The number of halogens is 1. The molecule has 0 spiro atoms. The molecule has 0 aliphatic rings. The average molecular weight is 469 g/mol. The van der Waals surface area contributed by atoms with Crippen molar-refractivity contribution in [3.8, 4) is 5.75 Å². The highest BCUT2D eigenvalue weighted by molar-refractivity contribution is 7.80. The Balaban J connectivity index is 2.82. The van der Waals surface area contributed by atoms with Gasteiger partial charge >= 0.3 is 5.97 Å². The van der Waals surface area contributed by atoms with Gasteiger partial charge in [0, 0.05) is 6.42 Å². The lowest BCUT2D eigenvalue weighted by molar-refractivity contribution is -0.148. The lowest BCUT2D eigenvalue weighted by Gasteiger charge is -2.31. The van der Waals surface area contributed by atoms with Gasteiger partial charge in [0.2, 0.25) is 5.91 Å². The first-order valence-electron chi connectivity index (χ1n) is 10.6. The lowest BCUT2D eigenvalue weighted by Crippen LogP contribution is -2.59. The van der Waals surface area contributed by atoms with Crippen molar-refractivity contribution in [2.24, 2.45) is 11.8 Å². The van der Waals surface area contributed by atoms with Gasteiger partial charge < -0.3 is 20.1 Å². The summed E-state index contributed by atoms with van der Waals surface area (Å²) in [6, 6.07) is 4.53. The fourth-order valence-corrected chi connectivity index (χ4v) is 3.75. The zero-order valence-corrected chi connectivity index (χ0v) is 20.3. The van der Waals surface area contributed by atoms with Crippen LogP contribution in [0.15, 0.2) is 24.3 Å². The molecule has 1 aromatic carbocycles. The number of rotatable bonds is 12. The van der Waals surface area contributed by atoms with Crippen molar-refractivity contribution in [3.05, 3.63) is 30.1 Å². The van der Waals surface area contributed by atoms with Gasteiger partial charge in [-0.1, -0.05) is 26.1 Å². The van der Waals surface area contributed by atoms with Crippen LogP contribution in [0.1, 0.15) is 48.0 Å². The third-order valence-electron chi connectivity index (χ3n) is 4.76. The number of thiocarbonyl (C=S) groups is 1. The molecule has 0 aliphatic carbocycles. The normalized spacial score (nSPS) is 13.1. The van der Waals surface area contributed by atoms with Crippen LogP contribution >= 0.6 is 12.2 Å². The van der Waals surface area contributed by atoms with Crippen LogP contribution < -0.4 is 15.4 Å². The molecule has 0 aromatic heterocycles. The number of ether oxygens (including phenoxy) is 2. The van der Waals surface area contributed by atoms with Crippen LogP contribution in [-0.4, -0.2) is 47.4 Å². The second-order valence-corrected chi connectivity index (χ2v) is 8.76. The van der Waals surface area contributed by atoms with E-state index in [9.17, 15) is 18.8 Å². The summed E-state index contributed by atoms with van der Waals surface area (Å²) in [5.74, 6) is -1.64. The van der Waals surface area contributed by atoms with Crippen LogP contribution in [0.4, 0.5) is 4.39 Å². The molecule has 0 bridgehead atoms. The maximum absolute atomic E-state index is 13.0. The predicted octanol–water partition coefficient (Wildman–Crippen LogP) is 3.20. The first-order valence-corrected chi connectivity index (χ1v) is 11.0. The number of nitrogens with one attached hydrogen (secondary N) is 2. The molecule has 0 fully saturated rings. The minimum Gasteiger partial charge on any atom is -0.493 e. The van der Waals surface area contributed by atoms with E-state index in [1.54, 1.807) is 20.8 Å². The van der Waals surface area contributed by atoms with E-state index >= 15 is 0 Å². The zero-order chi connectivity index (χ0) is 24.5. The highest BCUT2D eigenvalue weighted by Crippen LogP contribution is 2.17. The van der Waals surface area contributed by atoms with Crippen LogP contribution in [0.25, 0.3) is 0 Å². The van der Waals surface area contributed by atoms with Crippen LogP contribution in [0.2, 0.25) is 0 Å². The van der Waals surface area contributed by atoms with Crippen LogP contribution in [-0.2, 0) is 19.1 Å². The van der Waals surface area contributed by atoms with Crippen LogP contribution in [0.5, 0.6) is 5.75 Å². The predicted molar refractivity (Wildman–Crippen MR) is 124 cm³/mol. The van der Waals surface area contributed by atoms with Gasteiger partial charge in [-0.3, -0.25) is 9.59 Å². The summed E-state index contributed by atoms with van der Waals surface area (Å²) >= 11 is 5.39. The van der Waals surface area contributed by atoms with Crippen LogP contribution in [0.3, 0.4) is 0 Å². The zero-order valence-electron chi connectivity index (χ0n) is 19.5. The number of Topliss-reactive ketones (excluding diaryl/α,β-unsaturated/α-hetero) is 1. The van der Waals surface area contributed by atoms with E-state index < -0.39 is 29.4 Å². The summed E-state index contributed by atoms with van der Waals surface area (Å²) in [5, 5.41) is 5.64. The summed E-state index contributed by atoms with van der Waals surface area (Å²) in [6.45, 7) is 10.4. The Labute approximate surface area is 194 Å². The van der Waals surface area contributed by atoms with Crippen molar-refractivity contribution in [2.45, 2.75) is 59.5 Å². The molecule has 0 saturated carbocycles. The van der Waals surface area contributed by atoms with Gasteiger partial charge in [-0.15, -0.1) is 0 Å². The van der Waals surface area contributed by atoms with E-state index in [0.717, 1.165) is 0 Å². The van der Waals surface area contributed by atoms with Crippen molar-refractivity contribution < 1.29 is 28.2 Å². The fraction of sp³-hybridized carbons (Fsp3) is 0.565. The van der Waals surface area contributed by atoms with Crippen molar-refractivity contribution in [1.82, 2.24) is 10.6 Å². The SMILES string of the molecule is CCOC(=O)[C@H](CCOc1ccc(F)cc1)NC(=O)C(C)(C)NC(=S)[C@H](C(C)=O)C(C)C. The van der Waals surface area contributed by atoms with E-state index in [1.807, 2.05) is 13.8 Å². The number of benzene rings is 1. The number of esters is 1. The molecule has 1 aromatic rings. The van der Waals surface area contributed by atoms with Crippen molar-refractivity contribution in [1.29, 1.82) is 0 Å². The number of carbonyl (C=O) groups is 3. The highest BCUT2D eigenvalue weighted by Gasteiger charge is 2.35. The second kappa shape index (κ2) is 12.5. The maximum atomic E-state index is 13.0. The first kappa shape index (κ1) is 27.5. The number of hydrogen-bond donors (Lipinski definition) is 2. The second-order valence-electron chi connectivity index (χ2n) is 8.32. The number of amides is 1. The summed E-state index contributed by atoms with van der Waals surface area (Å²) in [5.41, 5.74) is -1.18. The molecule has 1 amide bonds. The summed E-state index contributed by atoms with van der Waals surface area (Å²) in [7, 11) is 0. The Morgan fingerprint density at radius 1 is 1.16 bits per heavy atom.